The Kier molecular flexibility index (Phi) is 5.38. The van der Waals surface area contributed by atoms with E-state index in [0.717, 1.165) is 29.8 Å². The van der Waals surface area contributed by atoms with Crippen LogP contribution in [0, 0.1) is 0 Å². The Morgan fingerprint density at radius 1 is 0.786 bits per heavy atom. The van der Waals surface area contributed by atoms with E-state index in [2.05, 4.69) is 29.2 Å². The highest BCUT2D eigenvalue weighted by Gasteiger charge is 2.34. The maximum absolute atomic E-state index is 12.4. The summed E-state index contributed by atoms with van der Waals surface area (Å²) in [7, 11) is 0. The first kappa shape index (κ1) is 18.6. The number of nitrogens with zero attached hydrogens (tertiary/aromatic N) is 1. The van der Waals surface area contributed by atoms with Gasteiger partial charge in [0.05, 0.1) is 12.1 Å². The molecule has 4 rings (SSSR count). The predicted octanol–water partition coefficient (Wildman–Crippen LogP) is 4.52. The topological polar surface area (TPSA) is 40.5 Å². The normalized spacial score (nSPS) is 16.6. The number of hydrogen-bond donors (Lipinski definition) is 1. The summed E-state index contributed by atoms with van der Waals surface area (Å²) in [6.07, 6.45) is 1.28. The summed E-state index contributed by atoms with van der Waals surface area (Å²) in [5.41, 5.74) is 3.22. The van der Waals surface area contributed by atoms with E-state index >= 15 is 0 Å². The van der Waals surface area contributed by atoms with Crippen molar-refractivity contribution in [2.24, 2.45) is 0 Å². The number of carbonyl (C=O) groups excluding carboxylic acids is 1. The number of carbonyl (C=O) groups is 1. The van der Waals surface area contributed by atoms with Crippen LogP contribution in [-0.4, -0.2) is 35.4 Å². The summed E-state index contributed by atoms with van der Waals surface area (Å²) in [5.74, 6) is 0.137. The second kappa shape index (κ2) is 8.09. The first-order valence-corrected chi connectivity index (χ1v) is 9.83. The van der Waals surface area contributed by atoms with Crippen molar-refractivity contribution in [3.63, 3.8) is 0 Å². The van der Waals surface area contributed by atoms with E-state index in [-0.39, 0.29) is 5.78 Å². The Labute approximate surface area is 166 Å². The molecule has 0 spiro atoms. The van der Waals surface area contributed by atoms with Crippen molar-refractivity contribution < 1.29 is 9.90 Å². The molecule has 3 heteroatoms. The molecule has 0 saturated carbocycles. The first-order chi connectivity index (χ1) is 13.6. The molecule has 142 valence electrons. The third-order valence-corrected chi connectivity index (χ3v) is 5.68. The number of Topliss-reactive ketones (excluding diaryl/α,β-unsaturated/α-hetero) is 1. The molecule has 1 fully saturated rings. The van der Waals surface area contributed by atoms with Crippen LogP contribution in [0.2, 0.25) is 0 Å². The van der Waals surface area contributed by atoms with E-state index in [1.165, 1.54) is 5.56 Å². The van der Waals surface area contributed by atoms with Crippen molar-refractivity contribution in [2.45, 2.75) is 18.4 Å². The van der Waals surface area contributed by atoms with E-state index in [4.69, 9.17) is 0 Å². The fourth-order valence-corrected chi connectivity index (χ4v) is 3.89. The fraction of sp³-hybridized carbons (Fsp3) is 0.240. The zero-order chi connectivity index (χ0) is 19.4. The van der Waals surface area contributed by atoms with Crippen molar-refractivity contribution >= 4 is 5.78 Å². The minimum Gasteiger partial charge on any atom is -0.385 e. The van der Waals surface area contributed by atoms with Crippen LogP contribution in [0.3, 0.4) is 0 Å². The van der Waals surface area contributed by atoms with Crippen LogP contribution >= 0.6 is 0 Å². The van der Waals surface area contributed by atoms with Crippen molar-refractivity contribution in [3.8, 4) is 11.1 Å². The van der Waals surface area contributed by atoms with Crippen LogP contribution in [0.25, 0.3) is 11.1 Å². The highest BCUT2D eigenvalue weighted by atomic mass is 16.3. The zero-order valence-electron chi connectivity index (χ0n) is 15.9. The summed E-state index contributed by atoms with van der Waals surface area (Å²) < 4.78 is 0. The first-order valence-electron chi connectivity index (χ1n) is 9.83. The van der Waals surface area contributed by atoms with Crippen LogP contribution < -0.4 is 0 Å². The highest BCUT2D eigenvalue weighted by molar-refractivity contribution is 5.97. The van der Waals surface area contributed by atoms with Crippen molar-refractivity contribution in [1.82, 2.24) is 4.90 Å². The molecular formula is C25H25NO2. The molecule has 0 bridgehead atoms. The van der Waals surface area contributed by atoms with Gasteiger partial charge in [0.15, 0.2) is 5.78 Å². The molecule has 1 aliphatic heterocycles. The lowest BCUT2D eigenvalue weighted by atomic mass is 9.83. The minimum atomic E-state index is -0.818. The monoisotopic (exact) mass is 371 g/mol. The molecule has 1 heterocycles. The number of ketones is 1. The van der Waals surface area contributed by atoms with E-state index in [9.17, 15) is 9.90 Å². The molecule has 0 aromatic heterocycles. The summed E-state index contributed by atoms with van der Waals surface area (Å²) >= 11 is 0. The average Bonchev–Trinajstić information content (AvgIpc) is 2.77. The fourth-order valence-electron chi connectivity index (χ4n) is 3.89. The van der Waals surface area contributed by atoms with Crippen molar-refractivity contribution in [1.29, 1.82) is 0 Å². The molecule has 0 atom stereocenters. The molecule has 0 unspecified atom stereocenters. The molecule has 3 aromatic carbocycles. The van der Waals surface area contributed by atoms with Crippen LogP contribution in [-0.2, 0) is 5.60 Å². The molecule has 1 aliphatic rings. The van der Waals surface area contributed by atoms with Crippen molar-refractivity contribution in [3.05, 3.63) is 96.1 Å². The van der Waals surface area contributed by atoms with Gasteiger partial charge >= 0.3 is 0 Å². The molecule has 28 heavy (non-hydrogen) atoms. The number of benzene rings is 3. The van der Waals surface area contributed by atoms with Crippen LogP contribution in [0.1, 0.15) is 28.8 Å². The van der Waals surface area contributed by atoms with Gasteiger partial charge in [-0.2, -0.15) is 0 Å². The molecule has 3 nitrogen and oxygen atoms in total. The Hall–Kier alpha value is -2.75. The van der Waals surface area contributed by atoms with Gasteiger partial charge < -0.3 is 5.11 Å². The van der Waals surface area contributed by atoms with Gasteiger partial charge in [0.2, 0.25) is 0 Å². The van der Waals surface area contributed by atoms with Crippen LogP contribution in [0.15, 0.2) is 84.9 Å². The number of likely N-dealkylation sites (tertiary alicyclic amines) is 1. The lowest BCUT2D eigenvalue weighted by Crippen LogP contribution is -2.44. The maximum atomic E-state index is 12.4. The molecule has 0 radical (unpaired) electrons. The van der Waals surface area contributed by atoms with Crippen LogP contribution in [0.4, 0.5) is 0 Å². The summed E-state index contributed by atoms with van der Waals surface area (Å²) in [6, 6.07) is 27.9. The number of piperidine rings is 1. The lowest BCUT2D eigenvalue weighted by molar-refractivity contribution is -0.0245. The largest absolute Gasteiger partial charge is 0.385 e. The van der Waals surface area contributed by atoms with Crippen molar-refractivity contribution in [2.75, 3.05) is 19.6 Å². The summed E-state index contributed by atoms with van der Waals surface area (Å²) in [6.45, 7) is 1.85. The molecule has 3 aromatic rings. The number of hydrogen-bond acceptors (Lipinski definition) is 3. The quantitative estimate of drug-likeness (QED) is 0.671. The number of aliphatic hydroxyl groups is 1. The van der Waals surface area contributed by atoms with E-state index in [1.807, 2.05) is 60.7 Å². The van der Waals surface area contributed by atoms with Gasteiger partial charge in [-0.3, -0.25) is 9.69 Å². The second-order valence-corrected chi connectivity index (χ2v) is 7.54. The number of rotatable bonds is 5. The van der Waals surface area contributed by atoms with E-state index in [0.29, 0.717) is 19.4 Å². The maximum Gasteiger partial charge on any atom is 0.176 e. The Balaban J connectivity index is 1.39. The smallest absolute Gasteiger partial charge is 0.176 e. The molecule has 0 aliphatic carbocycles. The Bertz CT molecular complexity index is 912. The molecule has 0 amide bonds. The van der Waals surface area contributed by atoms with Gasteiger partial charge in [0.25, 0.3) is 0 Å². The Morgan fingerprint density at radius 2 is 1.32 bits per heavy atom. The molecule has 1 saturated heterocycles. The SMILES string of the molecule is O=C(CN1CCC(O)(c2ccc(-c3ccccc3)cc2)CC1)c1ccccc1. The third-order valence-electron chi connectivity index (χ3n) is 5.68. The summed E-state index contributed by atoms with van der Waals surface area (Å²) in [4.78, 5) is 14.6. The standard InChI is InChI=1S/C25H25NO2/c27-24(22-9-5-2-6-10-22)19-26-17-15-25(28,16-18-26)23-13-11-21(12-14-23)20-7-3-1-4-8-20/h1-14,28H,15-19H2. The highest BCUT2D eigenvalue weighted by Crippen LogP contribution is 2.34. The third kappa shape index (κ3) is 4.06. The zero-order valence-corrected chi connectivity index (χ0v) is 15.9. The summed E-state index contributed by atoms with van der Waals surface area (Å²) in [5, 5.41) is 11.2. The van der Waals surface area contributed by atoms with Gasteiger partial charge in [0.1, 0.15) is 0 Å². The Morgan fingerprint density at radius 3 is 1.93 bits per heavy atom. The average molecular weight is 371 g/mol. The van der Waals surface area contributed by atoms with E-state index in [1.54, 1.807) is 0 Å². The van der Waals surface area contributed by atoms with Gasteiger partial charge in [-0.05, 0) is 29.5 Å². The second-order valence-electron chi connectivity index (χ2n) is 7.54. The molecule has 1 N–H and O–H groups in total. The van der Waals surface area contributed by atoms with E-state index < -0.39 is 5.60 Å². The van der Waals surface area contributed by atoms with Gasteiger partial charge in [-0.25, -0.2) is 0 Å². The van der Waals surface area contributed by atoms with Gasteiger partial charge in [0, 0.05) is 18.7 Å². The van der Waals surface area contributed by atoms with Crippen LogP contribution in [0.5, 0.6) is 0 Å². The lowest BCUT2D eigenvalue weighted by Gasteiger charge is -2.38. The van der Waals surface area contributed by atoms with Gasteiger partial charge in [-0.1, -0.05) is 84.9 Å². The molecular weight excluding hydrogens is 346 g/mol. The predicted molar refractivity (Wildman–Crippen MR) is 112 cm³/mol. The minimum absolute atomic E-state index is 0.137. The van der Waals surface area contributed by atoms with Gasteiger partial charge in [-0.15, -0.1) is 0 Å².